The van der Waals surface area contributed by atoms with Gasteiger partial charge in [0.2, 0.25) is 0 Å². The fourth-order valence-electron chi connectivity index (χ4n) is 0.413. The Morgan fingerprint density at radius 1 is 1.83 bits per heavy atom. The van der Waals surface area contributed by atoms with Gasteiger partial charge in [-0.3, -0.25) is 0 Å². The van der Waals surface area contributed by atoms with Gasteiger partial charge in [0.25, 0.3) is 0 Å². The Morgan fingerprint density at radius 2 is 2.33 bits per heavy atom. The number of hydrogen-bond acceptors (Lipinski definition) is 2. The van der Waals surface area contributed by atoms with Gasteiger partial charge in [-0.2, -0.15) is 0 Å². The molecule has 0 radical (unpaired) electrons. The molecule has 1 heterocycles. The van der Waals surface area contributed by atoms with E-state index < -0.39 is 0 Å². The van der Waals surface area contributed by atoms with Crippen molar-refractivity contribution in [1.82, 2.24) is 0 Å². The largest absolute Gasteiger partial charge is 0.402 e. The maximum Gasteiger partial charge on any atom is 0.174 e. The van der Waals surface area contributed by atoms with Gasteiger partial charge in [-0.1, -0.05) is 0 Å². The number of rotatable bonds is 1. The van der Waals surface area contributed by atoms with Crippen molar-refractivity contribution < 1.29 is 9.16 Å². The quantitative estimate of drug-likeness (QED) is 0.315. The van der Waals surface area contributed by atoms with Crippen LogP contribution in [0.3, 0.4) is 0 Å². The number of epoxide rings is 1. The Morgan fingerprint density at radius 3 is 2.33 bits per heavy atom. The topological polar surface area (TPSA) is 21.8 Å². The lowest BCUT2D eigenvalue weighted by atomic mass is 10.5. The second-order valence-corrected chi connectivity index (χ2v) is 1.92. The van der Waals surface area contributed by atoms with Crippen LogP contribution in [0.4, 0.5) is 0 Å². The summed E-state index contributed by atoms with van der Waals surface area (Å²) in [7, 11) is 0.799. The molecule has 0 spiro atoms. The summed E-state index contributed by atoms with van der Waals surface area (Å²) in [5.41, 5.74) is 0. The molecule has 2 nitrogen and oxygen atoms in total. The minimum Gasteiger partial charge on any atom is -0.402 e. The summed E-state index contributed by atoms with van der Waals surface area (Å²) in [6.07, 6.45) is 0.541. The molecule has 0 amide bonds. The molecule has 3 heteroatoms. The highest BCUT2D eigenvalue weighted by molar-refractivity contribution is 5.98. The summed E-state index contributed by atoms with van der Waals surface area (Å²) in [6, 6.07) is 0. The molecule has 0 aromatic carbocycles. The van der Waals surface area contributed by atoms with Crippen LogP contribution in [0.2, 0.25) is 0 Å². The van der Waals surface area contributed by atoms with Crippen molar-refractivity contribution in [3.63, 3.8) is 0 Å². The predicted octanol–water partition coefficient (Wildman–Crippen LogP) is -0.972. The van der Waals surface area contributed by atoms with Gasteiger partial charge in [-0.25, -0.2) is 0 Å². The molecule has 1 aliphatic rings. The fraction of sp³-hybridized carbons (Fsp3) is 1.00. The lowest BCUT2D eigenvalue weighted by Crippen LogP contribution is -1.91. The van der Waals surface area contributed by atoms with Gasteiger partial charge in [0, 0.05) is 0 Å². The molecule has 36 valence electrons. The summed E-state index contributed by atoms with van der Waals surface area (Å²) in [5, 5.41) is 0. The van der Waals surface area contributed by atoms with E-state index in [9.17, 15) is 0 Å². The third-order valence-electron chi connectivity index (χ3n) is 0.888. The average Bonchev–Trinajstić information content (AvgIpc) is 2.19. The van der Waals surface area contributed by atoms with E-state index in [4.69, 9.17) is 9.16 Å². The van der Waals surface area contributed by atoms with Crippen LogP contribution in [0.25, 0.3) is 0 Å². The molecule has 2 atom stereocenters. The van der Waals surface area contributed by atoms with Crippen LogP contribution in [0.15, 0.2) is 0 Å². The third kappa shape index (κ3) is 0.615. The summed E-state index contributed by atoms with van der Waals surface area (Å²) in [4.78, 5) is 0. The van der Waals surface area contributed by atoms with Crippen molar-refractivity contribution in [3.05, 3.63) is 0 Å². The van der Waals surface area contributed by atoms with Gasteiger partial charge >= 0.3 is 0 Å². The smallest absolute Gasteiger partial charge is 0.174 e. The highest BCUT2D eigenvalue weighted by Gasteiger charge is 2.33. The highest BCUT2D eigenvalue weighted by atomic mass is 28.2. The third-order valence-corrected chi connectivity index (χ3v) is 1.35. The van der Waals surface area contributed by atoms with Crippen LogP contribution < -0.4 is 0 Å². The lowest BCUT2D eigenvalue weighted by molar-refractivity contribution is 0.193. The van der Waals surface area contributed by atoms with E-state index in [1.54, 1.807) is 0 Å². The molecule has 0 N–H and O–H groups in total. The zero-order chi connectivity index (χ0) is 4.57. The zero-order valence-electron chi connectivity index (χ0n) is 3.97. The van der Waals surface area contributed by atoms with Crippen molar-refractivity contribution in [2.24, 2.45) is 0 Å². The van der Waals surface area contributed by atoms with Crippen LogP contribution in [-0.2, 0) is 9.16 Å². The summed E-state index contributed by atoms with van der Waals surface area (Å²) >= 11 is 0. The van der Waals surface area contributed by atoms with E-state index in [0.717, 1.165) is 10.5 Å². The van der Waals surface area contributed by atoms with Crippen molar-refractivity contribution >= 4 is 10.5 Å². The van der Waals surface area contributed by atoms with Crippen LogP contribution in [-0.4, -0.2) is 22.9 Å². The van der Waals surface area contributed by atoms with E-state index in [1.165, 1.54) is 0 Å². The molecule has 1 aliphatic heterocycles. The van der Waals surface area contributed by atoms with Crippen molar-refractivity contribution in [3.8, 4) is 0 Å². The van der Waals surface area contributed by atoms with E-state index >= 15 is 0 Å². The van der Waals surface area contributed by atoms with Gasteiger partial charge in [-0.05, 0) is 6.92 Å². The number of hydrogen-bond donors (Lipinski definition) is 0. The highest BCUT2D eigenvalue weighted by Crippen LogP contribution is 2.19. The van der Waals surface area contributed by atoms with Gasteiger partial charge in [0.1, 0.15) is 16.6 Å². The Labute approximate surface area is 40.0 Å². The Balaban J connectivity index is 2.09. The Hall–Kier alpha value is 0.137. The van der Waals surface area contributed by atoms with Crippen LogP contribution >= 0.6 is 0 Å². The lowest BCUT2D eigenvalue weighted by Gasteiger charge is -1.80. The molecular formula is C3H8O2Si. The first-order valence-electron chi connectivity index (χ1n) is 2.03. The second kappa shape index (κ2) is 1.33. The predicted molar refractivity (Wildman–Crippen MR) is 25.4 cm³/mol. The van der Waals surface area contributed by atoms with Crippen molar-refractivity contribution in [2.75, 3.05) is 0 Å². The molecule has 1 fully saturated rings. The Bertz CT molecular complexity index is 54.8. The minimum atomic E-state index is 0.164. The SMILES string of the molecule is CC1OC1O[SiH3]. The molecular weight excluding hydrogens is 96.1 g/mol. The van der Waals surface area contributed by atoms with Crippen molar-refractivity contribution in [2.45, 2.75) is 19.3 Å². The van der Waals surface area contributed by atoms with Gasteiger partial charge in [-0.15, -0.1) is 0 Å². The van der Waals surface area contributed by atoms with Gasteiger partial charge < -0.3 is 9.16 Å². The monoisotopic (exact) mass is 104 g/mol. The van der Waals surface area contributed by atoms with Gasteiger partial charge in [0.15, 0.2) is 6.29 Å². The van der Waals surface area contributed by atoms with E-state index in [2.05, 4.69) is 0 Å². The maximum atomic E-state index is 4.89. The van der Waals surface area contributed by atoms with Gasteiger partial charge in [0.05, 0.1) is 0 Å². The van der Waals surface area contributed by atoms with Crippen LogP contribution in [0, 0.1) is 0 Å². The zero-order valence-corrected chi connectivity index (χ0v) is 5.97. The normalized spacial score (nSPS) is 43.5. The van der Waals surface area contributed by atoms with Crippen molar-refractivity contribution in [1.29, 1.82) is 0 Å². The molecule has 0 aliphatic carbocycles. The maximum absolute atomic E-state index is 4.89. The minimum absolute atomic E-state index is 0.164. The first kappa shape index (κ1) is 4.30. The average molecular weight is 104 g/mol. The standard InChI is InChI=1S/C3H8O2Si/c1-2-3(4-2)5-6/h2-3H,1,6H3. The molecule has 1 saturated heterocycles. The first-order valence-corrected chi connectivity index (χ1v) is 2.84. The van der Waals surface area contributed by atoms with E-state index in [1.807, 2.05) is 6.92 Å². The molecule has 0 aromatic heterocycles. The molecule has 0 saturated carbocycles. The van der Waals surface area contributed by atoms with E-state index in [-0.39, 0.29) is 6.29 Å². The summed E-state index contributed by atoms with van der Waals surface area (Å²) in [5.74, 6) is 0. The Kier molecular flexibility index (Phi) is 0.952. The fourth-order valence-corrected chi connectivity index (χ4v) is 0.908. The van der Waals surface area contributed by atoms with Crippen LogP contribution in [0.1, 0.15) is 6.92 Å². The molecule has 2 unspecified atom stereocenters. The summed E-state index contributed by atoms with van der Waals surface area (Å²) < 4.78 is 9.77. The second-order valence-electron chi connectivity index (χ2n) is 1.45. The molecule has 0 bridgehead atoms. The molecule has 1 rings (SSSR count). The molecule has 6 heavy (non-hydrogen) atoms. The molecule has 0 aromatic rings. The van der Waals surface area contributed by atoms with Crippen LogP contribution in [0.5, 0.6) is 0 Å². The summed E-state index contributed by atoms with van der Waals surface area (Å²) in [6.45, 7) is 2.00. The number of ether oxygens (including phenoxy) is 1. The van der Waals surface area contributed by atoms with E-state index in [0.29, 0.717) is 6.10 Å². The first-order chi connectivity index (χ1) is 2.84.